The summed E-state index contributed by atoms with van der Waals surface area (Å²) in [5.74, 6) is -0.155. The third-order valence-corrected chi connectivity index (χ3v) is 5.27. The molecular weight excluding hydrogens is 343 g/mol. The van der Waals surface area contributed by atoms with E-state index in [2.05, 4.69) is 10.1 Å². The fraction of sp³-hybridized carbons (Fsp3) is 0.278. The highest BCUT2D eigenvalue weighted by atomic mass is 32.1. The van der Waals surface area contributed by atoms with Crippen molar-refractivity contribution in [2.45, 2.75) is 32.3 Å². The summed E-state index contributed by atoms with van der Waals surface area (Å²) in [4.78, 5) is 17.8. The van der Waals surface area contributed by atoms with E-state index in [1.165, 1.54) is 23.4 Å². The van der Waals surface area contributed by atoms with Crippen LogP contribution in [0, 0.1) is 5.82 Å². The quantitative estimate of drug-likeness (QED) is 0.655. The van der Waals surface area contributed by atoms with Gasteiger partial charge in [0.25, 0.3) is 5.89 Å². The molecule has 25 heavy (non-hydrogen) atoms. The zero-order chi connectivity index (χ0) is 17.2. The normalized spacial score (nSPS) is 13.5. The first-order chi connectivity index (χ1) is 12.2. The monoisotopic (exact) mass is 358 g/mol. The van der Waals surface area contributed by atoms with Crippen LogP contribution in [0.1, 0.15) is 39.5 Å². The second-order valence-electron chi connectivity index (χ2n) is 5.85. The van der Waals surface area contributed by atoms with Gasteiger partial charge in [0.2, 0.25) is 5.82 Å². The molecule has 0 fully saturated rings. The first-order valence-corrected chi connectivity index (χ1v) is 8.93. The molecule has 0 aliphatic heterocycles. The summed E-state index contributed by atoms with van der Waals surface area (Å²) in [6.07, 6.45) is 4.25. The second kappa shape index (κ2) is 6.76. The number of hydrogen-bond donors (Lipinski definition) is 0. The molecule has 0 saturated heterocycles. The number of thiophene rings is 1. The lowest BCUT2D eigenvalue weighted by atomic mass is 9.96. The van der Waals surface area contributed by atoms with Crippen molar-refractivity contribution in [1.29, 1.82) is 0 Å². The highest BCUT2D eigenvalue weighted by Crippen LogP contribution is 2.30. The van der Waals surface area contributed by atoms with E-state index in [9.17, 15) is 9.18 Å². The van der Waals surface area contributed by atoms with E-state index in [1.54, 1.807) is 23.5 Å². The molecule has 2 heterocycles. The van der Waals surface area contributed by atoms with Crippen molar-refractivity contribution < 1.29 is 18.4 Å². The Hall–Kier alpha value is -2.54. The summed E-state index contributed by atoms with van der Waals surface area (Å²) in [7, 11) is 0. The number of carbonyl (C=O) groups is 1. The van der Waals surface area contributed by atoms with E-state index >= 15 is 0 Å². The molecule has 7 heteroatoms. The molecule has 0 atom stereocenters. The van der Waals surface area contributed by atoms with Crippen molar-refractivity contribution in [2.75, 3.05) is 0 Å². The van der Waals surface area contributed by atoms with Crippen LogP contribution in [0.3, 0.4) is 0 Å². The number of carbonyl (C=O) groups excluding carboxylic acids is 1. The van der Waals surface area contributed by atoms with Gasteiger partial charge < -0.3 is 9.26 Å². The number of ether oxygens (including phenoxy) is 1. The number of esters is 1. The fourth-order valence-electron chi connectivity index (χ4n) is 2.90. The van der Waals surface area contributed by atoms with E-state index < -0.39 is 0 Å². The number of fused-ring (bicyclic) bond motifs is 1. The van der Waals surface area contributed by atoms with E-state index in [0.717, 1.165) is 24.8 Å². The van der Waals surface area contributed by atoms with Gasteiger partial charge in [0.1, 0.15) is 5.82 Å². The molecule has 128 valence electrons. The third kappa shape index (κ3) is 3.32. The van der Waals surface area contributed by atoms with Crippen molar-refractivity contribution in [3.63, 3.8) is 0 Å². The molecule has 3 aromatic rings. The van der Waals surface area contributed by atoms with E-state index in [-0.39, 0.29) is 24.3 Å². The number of nitrogens with zero attached hydrogens (tertiary/aromatic N) is 2. The Morgan fingerprint density at radius 1 is 1.24 bits per heavy atom. The van der Waals surface area contributed by atoms with E-state index in [1.807, 2.05) is 5.38 Å². The Kier molecular flexibility index (Phi) is 4.31. The summed E-state index contributed by atoms with van der Waals surface area (Å²) in [5.41, 5.74) is 2.41. The predicted molar refractivity (Wildman–Crippen MR) is 89.8 cm³/mol. The van der Waals surface area contributed by atoms with Gasteiger partial charge >= 0.3 is 5.97 Å². The summed E-state index contributed by atoms with van der Waals surface area (Å²) in [6, 6.07) is 5.78. The molecule has 2 aromatic heterocycles. The summed E-state index contributed by atoms with van der Waals surface area (Å²) in [6.45, 7) is -0.0857. The van der Waals surface area contributed by atoms with Gasteiger partial charge in [0.05, 0.1) is 5.56 Å². The molecule has 0 saturated carbocycles. The Bertz CT molecular complexity index is 901. The molecule has 5 nitrogen and oxygen atoms in total. The molecule has 0 unspecified atom stereocenters. The topological polar surface area (TPSA) is 65.2 Å². The van der Waals surface area contributed by atoms with Crippen molar-refractivity contribution in [1.82, 2.24) is 10.1 Å². The van der Waals surface area contributed by atoms with Gasteiger partial charge in [-0.25, -0.2) is 9.18 Å². The molecule has 1 aromatic carbocycles. The Morgan fingerprint density at radius 2 is 2.04 bits per heavy atom. The maximum absolute atomic E-state index is 13.0. The van der Waals surface area contributed by atoms with Crippen LogP contribution in [0.25, 0.3) is 11.4 Å². The largest absolute Gasteiger partial charge is 0.452 e. The standard InChI is InChI=1S/C18H15FN2O3S/c19-12-7-5-11(6-8-12)17-20-16(24-21-17)9-23-18(22)14-10-25-15-4-2-1-3-13(14)15/h5-8,10H,1-4,9H2. The first kappa shape index (κ1) is 16.0. The average molecular weight is 358 g/mol. The Balaban J connectivity index is 1.42. The van der Waals surface area contributed by atoms with Gasteiger partial charge in [-0.05, 0) is 55.5 Å². The summed E-state index contributed by atoms with van der Waals surface area (Å²) < 4.78 is 23.4. The van der Waals surface area contributed by atoms with Crippen LogP contribution >= 0.6 is 11.3 Å². The molecular formula is C18H15FN2O3S. The number of aryl methyl sites for hydroxylation is 1. The predicted octanol–water partition coefficient (Wildman–Crippen LogP) is 4.17. The second-order valence-corrected chi connectivity index (χ2v) is 6.82. The molecule has 1 aliphatic carbocycles. The van der Waals surface area contributed by atoms with Crippen LogP contribution < -0.4 is 0 Å². The number of benzene rings is 1. The minimum absolute atomic E-state index is 0.0857. The zero-order valence-electron chi connectivity index (χ0n) is 13.3. The van der Waals surface area contributed by atoms with Gasteiger partial charge in [-0.15, -0.1) is 11.3 Å². The van der Waals surface area contributed by atoms with Crippen LogP contribution in [0.2, 0.25) is 0 Å². The van der Waals surface area contributed by atoms with Crippen LogP contribution in [0.4, 0.5) is 4.39 Å². The summed E-state index contributed by atoms with van der Waals surface area (Å²) >= 11 is 1.62. The van der Waals surface area contributed by atoms with Gasteiger partial charge in [0.15, 0.2) is 6.61 Å². The maximum Gasteiger partial charge on any atom is 0.339 e. The highest BCUT2D eigenvalue weighted by Gasteiger charge is 2.21. The van der Waals surface area contributed by atoms with Crippen LogP contribution in [0.15, 0.2) is 34.2 Å². The molecule has 0 spiro atoms. The lowest BCUT2D eigenvalue weighted by molar-refractivity contribution is 0.0429. The van der Waals surface area contributed by atoms with E-state index in [4.69, 9.17) is 9.26 Å². The molecule has 4 rings (SSSR count). The lowest BCUT2D eigenvalue weighted by Crippen LogP contribution is -2.09. The third-order valence-electron chi connectivity index (χ3n) is 4.18. The number of rotatable bonds is 4. The van der Waals surface area contributed by atoms with Gasteiger partial charge in [-0.3, -0.25) is 0 Å². The smallest absolute Gasteiger partial charge is 0.339 e. The van der Waals surface area contributed by atoms with Crippen molar-refractivity contribution in [2.24, 2.45) is 0 Å². The first-order valence-electron chi connectivity index (χ1n) is 8.05. The Morgan fingerprint density at radius 3 is 2.88 bits per heavy atom. The number of hydrogen-bond acceptors (Lipinski definition) is 6. The average Bonchev–Trinajstić information content (AvgIpc) is 3.27. The molecule has 0 N–H and O–H groups in total. The number of aromatic nitrogens is 2. The minimum Gasteiger partial charge on any atom is -0.452 e. The van der Waals surface area contributed by atoms with Gasteiger partial charge in [-0.2, -0.15) is 4.98 Å². The number of halogens is 1. The molecule has 0 bridgehead atoms. The van der Waals surface area contributed by atoms with Crippen LogP contribution in [-0.4, -0.2) is 16.1 Å². The zero-order valence-corrected chi connectivity index (χ0v) is 14.1. The molecule has 1 aliphatic rings. The van der Waals surface area contributed by atoms with Crippen molar-refractivity contribution in [3.05, 3.63) is 57.4 Å². The summed E-state index contributed by atoms with van der Waals surface area (Å²) in [5, 5.41) is 5.70. The van der Waals surface area contributed by atoms with Crippen LogP contribution in [-0.2, 0) is 24.2 Å². The molecule has 0 amide bonds. The Labute approximate surface area is 147 Å². The van der Waals surface area contributed by atoms with Gasteiger partial charge in [0, 0.05) is 15.8 Å². The maximum atomic E-state index is 13.0. The van der Waals surface area contributed by atoms with Crippen molar-refractivity contribution in [3.8, 4) is 11.4 Å². The van der Waals surface area contributed by atoms with E-state index in [0.29, 0.717) is 17.0 Å². The van der Waals surface area contributed by atoms with Crippen LogP contribution in [0.5, 0.6) is 0 Å². The highest BCUT2D eigenvalue weighted by molar-refractivity contribution is 7.10. The SMILES string of the molecule is O=C(OCc1nc(-c2ccc(F)cc2)no1)c1csc2c1CCCC2. The fourth-order valence-corrected chi connectivity index (χ4v) is 4.01. The molecule has 0 radical (unpaired) electrons. The lowest BCUT2D eigenvalue weighted by Gasteiger charge is -2.11. The van der Waals surface area contributed by atoms with Gasteiger partial charge in [-0.1, -0.05) is 5.16 Å². The minimum atomic E-state index is -0.360. The van der Waals surface area contributed by atoms with Crippen molar-refractivity contribution >= 4 is 17.3 Å².